The number of anilines is 1. The number of esters is 2. The average Bonchev–Trinajstić information content (AvgIpc) is 3.11. The predicted octanol–water partition coefficient (Wildman–Crippen LogP) is 4.93. The summed E-state index contributed by atoms with van der Waals surface area (Å²) in [6.07, 6.45) is 2.86. The van der Waals surface area contributed by atoms with Crippen molar-refractivity contribution in [3.63, 3.8) is 0 Å². The molecule has 2 heterocycles. The summed E-state index contributed by atoms with van der Waals surface area (Å²) in [6, 6.07) is 14.8. The summed E-state index contributed by atoms with van der Waals surface area (Å²) in [5.41, 5.74) is 4.76. The van der Waals surface area contributed by atoms with Crippen molar-refractivity contribution >= 4 is 33.7 Å². The second-order valence-corrected chi connectivity index (χ2v) is 11.3. The van der Waals surface area contributed by atoms with Gasteiger partial charge in [0.1, 0.15) is 13.1 Å². The van der Waals surface area contributed by atoms with Gasteiger partial charge in [0.2, 0.25) is 0 Å². The molecule has 12 nitrogen and oxygen atoms in total. The zero-order chi connectivity index (χ0) is 38.2. The Kier molecular flexibility index (Phi) is 16.6. The van der Waals surface area contributed by atoms with Gasteiger partial charge in [-0.2, -0.15) is 17.6 Å². The maximum atomic E-state index is 14.2. The van der Waals surface area contributed by atoms with Crippen LogP contribution in [0.15, 0.2) is 87.2 Å². The molecule has 0 radical (unpaired) electrons. The molecule has 0 spiro atoms. The number of alkyl halides is 4. The van der Waals surface area contributed by atoms with Gasteiger partial charge in [0, 0.05) is 34.9 Å². The molecule has 51 heavy (non-hydrogen) atoms. The number of hydrogen-bond acceptors (Lipinski definition) is 10. The molecule has 0 saturated heterocycles. The first-order valence-corrected chi connectivity index (χ1v) is 16.3. The third-order valence-electron chi connectivity index (χ3n) is 6.78. The van der Waals surface area contributed by atoms with Crippen LogP contribution in [-0.4, -0.2) is 57.3 Å². The van der Waals surface area contributed by atoms with Gasteiger partial charge in [-0.15, -0.1) is 0 Å². The number of halogens is 5. The highest BCUT2D eigenvalue weighted by molar-refractivity contribution is 9.10. The molecule has 0 unspecified atom stereocenters. The summed E-state index contributed by atoms with van der Waals surface area (Å²) >= 11 is 3.01. The molecule has 2 aromatic heterocycles. The molecule has 0 bridgehead atoms. The first-order chi connectivity index (χ1) is 24.1. The molecule has 2 aromatic carbocycles. The average molecular weight is 784 g/mol. The van der Waals surface area contributed by atoms with Crippen molar-refractivity contribution in [3.05, 3.63) is 121 Å². The van der Waals surface area contributed by atoms with Crippen molar-refractivity contribution in [2.24, 2.45) is 5.73 Å². The van der Waals surface area contributed by atoms with Gasteiger partial charge in [0.05, 0.1) is 26.3 Å². The van der Waals surface area contributed by atoms with E-state index in [2.05, 4.69) is 31.2 Å². The Hall–Kier alpha value is -4.90. The molecule has 4 aromatic rings. The van der Waals surface area contributed by atoms with E-state index in [0.717, 1.165) is 4.57 Å². The van der Waals surface area contributed by atoms with Gasteiger partial charge in [-0.3, -0.25) is 28.3 Å². The molecule has 276 valence electrons. The third kappa shape index (κ3) is 13.1. The Morgan fingerprint density at radius 1 is 0.765 bits per heavy atom. The number of hydrogen-bond donors (Lipinski definition) is 2. The molecule has 0 aliphatic heterocycles. The van der Waals surface area contributed by atoms with Crippen LogP contribution in [-0.2, 0) is 44.0 Å². The minimum atomic E-state index is -3.17. The predicted molar refractivity (Wildman–Crippen MR) is 186 cm³/mol. The monoisotopic (exact) mass is 782 g/mol. The van der Waals surface area contributed by atoms with Crippen LogP contribution in [0.2, 0.25) is 0 Å². The molecule has 0 saturated carbocycles. The summed E-state index contributed by atoms with van der Waals surface area (Å²) in [5.74, 6) is -7.32. The van der Waals surface area contributed by atoms with E-state index in [1.807, 2.05) is 0 Å². The topological polar surface area (TPSA) is 160 Å². The normalized spacial score (nSPS) is 10.9. The molecular formula is C34H39BrF4N6O6. The Labute approximate surface area is 299 Å². The molecule has 3 N–H and O–H groups in total. The number of nitrogens with two attached hydrogens (primary N) is 1. The van der Waals surface area contributed by atoms with Gasteiger partial charge in [0.25, 0.3) is 23.0 Å². The van der Waals surface area contributed by atoms with Crippen LogP contribution < -0.4 is 22.2 Å². The molecule has 0 fully saturated rings. The van der Waals surface area contributed by atoms with Crippen molar-refractivity contribution in [3.8, 4) is 0 Å². The van der Waals surface area contributed by atoms with Crippen LogP contribution in [0, 0.1) is 13.8 Å². The lowest BCUT2D eigenvalue weighted by Gasteiger charge is -2.18. The van der Waals surface area contributed by atoms with Gasteiger partial charge in [0.15, 0.2) is 10.4 Å². The number of aromatic nitrogens is 4. The number of carbonyl (C=O) groups excluding carboxylic acids is 2. The van der Waals surface area contributed by atoms with Gasteiger partial charge in [-0.25, -0.2) is 9.97 Å². The first kappa shape index (κ1) is 42.3. The lowest BCUT2D eigenvalue weighted by molar-refractivity contribution is -0.144. The van der Waals surface area contributed by atoms with Crippen LogP contribution >= 0.6 is 15.9 Å². The van der Waals surface area contributed by atoms with E-state index in [1.165, 1.54) is 53.4 Å². The van der Waals surface area contributed by atoms with Crippen LogP contribution in [0.1, 0.15) is 36.4 Å². The van der Waals surface area contributed by atoms with E-state index >= 15 is 0 Å². The minimum Gasteiger partial charge on any atom is -0.465 e. The van der Waals surface area contributed by atoms with Crippen LogP contribution in [0.3, 0.4) is 0 Å². The van der Waals surface area contributed by atoms with Crippen molar-refractivity contribution in [2.75, 3.05) is 31.6 Å². The molecule has 0 aliphatic carbocycles. The van der Waals surface area contributed by atoms with E-state index in [9.17, 15) is 36.7 Å². The number of aryl methyl sites for hydroxylation is 2. The van der Waals surface area contributed by atoms with E-state index in [1.54, 1.807) is 52.0 Å². The first-order valence-electron chi connectivity index (χ1n) is 15.5. The van der Waals surface area contributed by atoms with Gasteiger partial charge < -0.3 is 20.5 Å². The minimum absolute atomic E-state index is 0.0255. The van der Waals surface area contributed by atoms with E-state index in [0.29, 0.717) is 18.0 Å². The number of ether oxygens (including phenoxy) is 2. The standard InChI is InChI=1S/C17H19F2N3O3.C9H11BrN2O3.C8H9F2N/c1-3-25-14(23)10-22-12(2)9-20-15(16(22)24)21-11-17(18,19)13-7-5-4-6-8-13;1-3-15-7(13)5-12-6(2)4-11-8(10)9(12)14;9-8(10,6-11)7-4-2-1-3-5-7/h4-9H,3,10-11H2,1-2H3,(H,20,21);4H,3,5H2,1-2H3;1-5H,6,11H2. The molecule has 4 rings (SSSR count). The van der Waals surface area contributed by atoms with Crippen LogP contribution in [0.5, 0.6) is 0 Å². The smallest absolute Gasteiger partial charge is 0.326 e. The zero-order valence-corrected chi connectivity index (χ0v) is 30.0. The quantitative estimate of drug-likeness (QED) is 0.149. The van der Waals surface area contributed by atoms with Gasteiger partial charge >= 0.3 is 11.9 Å². The zero-order valence-electron chi connectivity index (χ0n) is 28.4. The summed E-state index contributed by atoms with van der Waals surface area (Å²) < 4.78 is 66.1. The lowest BCUT2D eigenvalue weighted by Crippen LogP contribution is -2.33. The lowest BCUT2D eigenvalue weighted by atomic mass is 10.1. The summed E-state index contributed by atoms with van der Waals surface area (Å²) in [7, 11) is 0. The molecule has 0 aliphatic rings. The van der Waals surface area contributed by atoms with Crippen molar-refractivity contribution < 1.29 is 36.6 Å². The highest BCUT2D eigenvalue weighted by atomic mass is 79.9. The van der Waals surface area contributed by atoms with Crippen LogP contribution in [0.25, 0.3) is 0 Å². The Bertz CT molecular complexity index is 1840. The number of benzene rings is 2. The summed E-state index contributed by atoms with van der Waals surface area (Å²) in [6.45, 7) is 5.35. The van der Waals surface area contributed by atoms with Crippen molar-refractivity contribution in [1.29, 1.82) is 0 Å². The largest absolute Gasteiger partial charge is 0.465 e. The summed E-state index contributed by atoms with van der Waals surface area (Å²) in [5, 5.41) is 2.38. The maximum Gasteiger partial charge on any atom is 0.326 e. The van der Waals surface area contributed by atoms with E-state index in [-0.39, 0.29) is 46.8 Å². The second kappa shape index (κ2) is 20.1. The molecular weight excluding hydrogens is 744 g/mol. The highest BCUT2D eigenvalue weighted by Crippen LogP contribution is 2.27. The van der Waals surface area contributed by atoms with Crippen molar-refractivity contribution in [2.45, 2.75) is 52.6 Å². The number of nitrogens with one attached hydrogen (secondary N) is 1. The molecule has 0 amide bonds. The van der Waals surface area contributed by atoms with Gasteiger partial charge in [-0.05, 0) is 43.6 Å². The van der Waals surface area contributed by atoms with E-state index < -0.39 is 42.4 Å². The van der Waals surface area contributed by atoms with Crippen LogP contribution in [0.4, 0.5) is 23.4 Å². The number of nitrogens with zero attached hydrogens (tertiary/aromatic N) is 4. The fraction of sp³-hybridized carbons (Fsp3) is 0.353. The van der Waals surface area contributed by atoms with Gasteiger partial charge in [-0.1, -0.05) is 60.7 Å². The van der Waals surface area contributed by atoms with Crippen molar-refractivity contribution in [1.82, 2.24) is 19.1 Å². The Balaban J connectivity index is 0.000000293. The SMILES string of the molecule is CCOC(=O)Cn1c(C)cnc(Br)c1=O.CCOC(=O)Cn1c(C)cnc(NCC(F)(F)c2ccccc2)c1=O.NCC(F)(F)c1ccccc1. The third-order valence-corrected chi connectivity index (χ3v) is 7.32. The fourth-order valence-electron chi connectivity index (χ4n) is 4.08. The Morgan fingerprint density at radius 3 is 1.65 bits per heavy atom. The Morgan fingerprint density at radius 2 is 1.20 bits per heavy atom. The number of carbonyl (C=O) groups is 2. The maximum absolute atomic E-state index is 14.2. The second-order valence-electron chi connectivity index (χ2n) is 10.5. The number of rotatable bonds is 12. The van der Waals surface area contributed by atoms with E-state index in [4.69, 9.17) is 15.2 Å². The molecule has 0 atom stereocenters. The summed E-state index contributed by atoms with van der Waals surface area (Å²) in [4.78, 5) is 54.4. The highest BCUT2D eigenvalue weighted by Gasteiger charge is 2.31. The molecule has 17 heteroatoms. The fourth-order valence-corrected chi connectivity index (χ4v) is 4.40.